The Balaban J connectivity index is 1.68. The molecule has 106 valence electrons. The Labute approximate surface area is 119 Å². The molecular formula is C16H21N3O. The normalized spacial score (nSPS) is 16.4. The molecule has 2 aromatic heterocycles. The molecule has 1 aliphatic carbocycles. The van der Waals surface area contributed by atoms with Crippen molar-refractivity contribution in [3.8, 4) is 0 Å². The van der Waals surface area contributed by atoms with E-state index in [1.807, 2.05) is 46.9 Å². The minimum absolute atomic E-state index is 0.181. The van der Waals surface area contributed by atoms with Gasteiger partial charge in [-0.15, -0.1) is 0 Å². The van der Waals surface area contributed by atoms with Crippen molar-refractivity contribution in [3.05, 3.63) is 36.3 Å². The molecule has 4 heteroatoms. The van der Waals surface area contributed by atoms with Crippen LogP contribution in [-0.4, -0.2) is 33.3 Å². The molecule has 4 nitrogen and oxygen atoms in total. The summed E-state index contributed by atoms with van der Waals surface area (Å²) in [4.78, 5) is 18.8. The van der Waals surface area contributed by atoms with E-state index in [9.17, 15) is 4.79 Å². The van der Waals surface area contributed by atoms with E-state index < -0.39 is 0 Å². The van der Waals surface area contributed by atoms with Gasteiger partial charge in [0.25, 0.3) is 0 Å². The van der Waals surface area contributed by atoms with Crippen LogP contribution in [0.3, 0.4) is 0 Å². The Morgan fingerprint density at radius 1 is 1.35 bits per heavy atom. The average molecular weight is 271 g/mol. The molecule has 1 aliphatic rings. The van der Waals surface area contributed by atoms with Crippen LogP contribution in [0.1, 0.15) is 37.8 Å². The van der Waals surface area contributed by atoms with Crippen LogP contribution in [0.15, 0.2) is 30.6 Å². The molecule has 0 radical (unpaired) electrons. The summed E-state index contributed by atoms with van der Waals surface area (Å²) >= 11 is 0. The Morgan fingerprint density at radius 3 is 2.90 bits per heavy atom. The lowest BCUT2D eigenvalue weighted by Crippen LogP contribution is -2.39. The molecule has 0 spiro atoms. The second kappa shape index (κ2) is 5.65. The summed E-state index contributed by atoms with van der Waals surface area (Å²) in [6.45, 7) is 0. The maximum Gasteiger partial charge on any atom is 0.228 e. The number of nitrogens with zero attached hydrogens (tertiary/aromatic N) is 3. The second-order valence-electron chi connectivity index (χ2n) is 5.67. The van der Waals surface area contributed by atoms with Crippen LogP contribution in [0.25, 0.3) is 5.65 Å². The van der Waals surface area contributed by atoms with Gasteiger partial charge in [-0.25, -0.2) is 4.98 Å². The molecule has 1 amide bonds. The first kappa shape index (κ1) is 13.2. The number of imidazole rings is 1. The Hall–Kier alpha value is -1.84. The third-order valence-corrected chi connectivity index (χ3v) is 4.26. The van der Waals surface area contributed by atoms with Gasteiger partial charge in [-0.3, -0.25) is 4.79 Å². The number of fused-ring (bicyclic) bond motifs is 1. The van der Waals surface area contributed by atoms with Crippen molar-refractivity contribution in [1.29, 1.82) is 0 Å². The summed E-state index contributed by atoms with van der Waals surface area (Å²) < 4.78 is 1.96. The fourth-order valence-corrected chi connectivity index (χ4v) is 3.02. The number of amides is 1. The molecule has 3 rings (SSSR count). The number of likely N-dealkylation sites (N-methyl/N-ethyl adjacent to an activating group) is 1. The fraction of sp³-hybridized carbons (Fsp3) is 0.500. The number of hydrogen-bond donors (Lipinski definition) is 0. The standard InChI is InChI=1S/C16H21N3O/c1-18(14-7-3-2-4-8-14)16(20)11-13-12-19-10-6-5-9-15(19)17-13/h5-6,9-10,12,14H,2-4,7-8,11H2,1H3. The first-order valence-electron chi connectivity index (χ1n) is 7.42. The predicted molar refractivity (Wildman–Crippen MR) is 78.5 cm³/mol. The lowest BCUT2D eigenvalue weighted by molar-refractivity contribution is -0.131. The number of pyridine rings is 1. The summed E-state index contributed by atoms with van der Waals surface area (Å²) in [7, 11) is 1.94. The molecule has 0 aliphatic heterocycles. The number of carbonyl (C=O) groups is 1. The van der Waals surface area contributed by atoms with Gasteiger partial charge < -0.3 is 9.30 Å². The fourth-order valence-electron chi connectivity index (χ4n) is 3.02. The van der Waals surface area contributed by atoms with E-state index in [1.165, 1.54) is 19.3 Å². The molecule has 0 bridgehead atoms. The van der Waals surface area contributed by atoms with Crippen LogP contribution >= 0.6 is 0 Å². The van der Waals surface area contributed by atoms with Gasteiger partial charge in [0.2, 0.25) is 5.91 Å². The van der Waals surface area contributed by atoms with E-state index in [4.69, 9.17) is 0 Å². The smallest absolute Gasteiger partial charge is 0.228 e. The van der Waals surface area contributed by atoms with Gasteiger partial charge in [0, 0.05) is 25.5 Å². The van der Waals surface area contributed by atoms with Gasteiger partial charge in [-0.1, -0.05) is 25.3 Å². The van der Waals surface area contributed by atoms with Crippen LogP contribution < -0.4 is 0 Å². The summed E-state index contributed by atoms with van der Waals surface area (Å²) in [5.41, 5.74) is 1.75. The molecule has 2 heterocycles. The molecule has 0 unspecified atom stereocenters. The van der Waals surface area contributed by atoms with Crippen LogP contribution in [-0.2, 0) is 11.2 Å². The van der Waals surface area contributed by atoms with Gasteiger partial charge in [0.05, 0.1) is 12.1 Å². The highest BCUT2D eigenvalue weighted by Crippen LogP contribution is 2.22. The summed E-state index contributed by atoms with van der Waals surface area (Å²) in [5.74, 6) is 0.181. The highest BCUT2D eigenvalue weighted by atomic mass is 16.2. The van der Waals surface area contributed by atoms with Crippen LogP contribution in [0, 0.1) is 0 Å². The molecule has 1 saturated carbocycles. The Morgan fingerprint density at radius 2 is 2.15 bits per heavy atom. The molecule has 0 aromatic carbocycles. The number of rotatable bonds is 3. The van der Waals surface area contributed by atoms with E-state index in [0.717, 1.165) is 24.2 Å². The van der Waals surface area contributed by atoms with E-state index in [2.05, 4.69) is 4.98 Å². The minimum Gasteiger partial charge on any atom is -0.342 e. The second-order valence-corrected chi connectivity index (χ2v) is 5.67. The van der Waals surface area contributed by atoms with Gasteiger partial charge >= 0.3 is 0 Å². The van der Waals surface area contributed by atoms with Crippen molar-refractivity contribution in [2.45, 2.75) is 44.6 Å². The van der Waals surface area contributed by atoms with Crippen molar-refractivity contribution in [3.63, 3.8) is 0 Å². The van der Waals surface area contributed by atoms with E-state index in [0.29, 0.717) is 12.5 Å². The average Bonchev–Trinajstić information content (AvgIpc) is 2.89. The van der Waals surface area contributed by atoms with Gasteiger partial charge in [0.15, 0.2) is 0 Å². The van der Waals surface area contributed by atoms with Gasteiger partial charge in [-0.05, 0) is 25.0 Å². The number of carbonyl (C=O) groups excluding carboxylic acids is 1. The summed E-state index contributed by atoms with van der Waals surface area (Å²) in [5, 5.41) is 0. The minimum atomic E-state index is 0.181. The lowest BCUT2D eigenvalue weighted by atomic mass is 9.94. The SMILES string of the molecule is CN(C(=O)Cc1cn2ccccc2n1)C1CCCCC1. The first-order valence-corrected chi connectivity index (χ1v) is 7.42. The highest BCUT2D eigenvalue weighted by molar-refractivity contribution is 5.78. The van der Waals surface area contributed by atoms with Gasteiger partial charge in [0.1, 0.15) is 5.65 Å². The third-order valence-electron chi connectivity index (χ3n) is 4.26. The summed E-state index contributed by atoms with van der Waals surface area (Å²) in [6.07, 6.45) is 10.4. The zero-order chi connectivity index (χ0) is 13.9. The molecule has 2 aromatic rings. The Kier molecular flexibility index (Phi) is 3.72. The molecule has 0 N–H and O–H groups in total. The molecule has 1 fully saturated rings. The zero-order valence-corrected chi connectivity index (χ0v) is 12.0. The maximum atomic E-state index is 12.4. The predicted octanol–water partition coefficient (Wildman–Crippen LogP) is 2.67. The lowest BCUT2D eigenvalue weighted by Gasteiger charge is -2.31. The van der Waals surface area contributed by atoms with Gasteiger partial charge in [-0.2, -0.15) is 0 Å². The van der Waals surface area contributed by atoms with Crippen molar-refractivity contribution >= 4 is 11.6 Å². The third kappa shape index (κ3) is 2.69. The van der Waals surface area contributed by atoms with E-state index in [-0.39, 0.29) is 5.91 Å². The van der Waals surface area contributed by atoms with Crippen molar-refractivity contribution < 1.29 is 4.79 Å². The van der Waals surface area contributed by atoms with Crippen LogP contribution in [0.4, 0.5) is 0 Å². The zero-order valence-electron chi connectivity index (χ0n) is 12.0. The quantitative estimate of drug-likeness (QED) is 0.860. The van der Waals surface area contributed by atoms with Crippen molar-refractivity contribution in [1.82, 2.24) is 14.3 Å². The molecular weight excluding hydrogens is 250 g/mol. The number of hydrogen-bond acceptors (Lipinski definition) is 2. The first-order chi connectivity index (χ1) is 9.74. The topological polar surface area (TPSA) is 37.6 Å². The Bertz CT molecular complexity index is 566. The summed E-state index contributed by atoms with van der Waals surface area (Å²) in [6, 6.07) is 6.31. The van der Waals surface area contributed by atoms with Crippen molar-refractivity contribution in [2.75, 3.05) is 7.05 Å². The monoisotopic (exact) mass is 271 g/mol. The molecule has 0 saturated heterocycles. The molecule has 0 atom stereocenters. The van der Waals surface area contributed by atoms with Crippen LogP contribution in [0.5, 0.6) is 0 Å². The highest BCUT2D eigenvalue weighted by Gasteiger charge is 2.22. The van der Waals surface area contributed by atoms with E-state index in [1.54, 1.807) is 0 Å². The largest absolute Gasteiger partial charge is 0.342 e. The van der Waals surface area contributed by atoms with Crippen LogP contribution in [0.2, 0.25) is 0 Å². The maximum absolute atomic E-state index is 12.4. The van der Waals surface area contributed by atoms with E-state index >= 15 is 0 Å². The van der Waals surface area contributed by atoms with Crippen molar-refractivity contribution in [2.24, 2.45) is 0 Å². The number of aromatic nitrogens is 2. The molecule has 20 heavy (non-hydrogen) atoms.